The molecule has 2 rings (SSSR count). The number of amides is 1. The van der Waals surface area contributed by atoms with E-state index in [0.717, 1.165) is 65.0 Å². The number of carbonyl (C=O) groups excluding carboxylic acids is 1. The van der Waals surface area contributed by atoms with Gasteiger partial charge in [0, 0.05) is 32.7 Å². The van der Waals surface area contributed by atoms with Gasteiger partial charge in [-0.25, -0.2) is 0 Å². The van der Waals surface area contributed by atoms with Gasteiger partial charge in [0.15, 0.2) is 0 Å². The van der Waals surface area contributed by atoms with Gasteiger partial charge in [0.05, 0.1) is 12.0 Å². The lowest BCUT2D eigenvalue weighted by atomic mass is 9.75. The van der Waals surface area contributed by atoms with Crippen molar-refractivity contribution in [3.63, 3.8) is 0 Å². The first-order chi connectivity index (χ1) is 9.72. The molecule has 0 spiro atoms. The molecule has 2 saturated heterocycles. The Morgan fingerprint density at radius 2 is 2.10 bits per heavy atom. The highest BCUT2D eigenvalue weighted by Crippen LogP contribution is 2.34. The van der Waals surface area contributed by atoms with Gasteiger partial charge in [-0.2, -0.15) is 0 Å². The smallest absolute Gasteiger partial charge is 0.230 e. The molecule has 2 heterocycles. The molecule has 2 fully saturated rings. The SMILES string of the molecule is C#CCN1CCN(C(=O)C2(CCC)CCCNC2)CC1. The molecule has 0 aromatic heterocycles. The lowest BCUT2D eigenvalue weighted by Gasteiger charge is -2.43. The van der Waals surface area contributed by atoms with Gasteiger partial charge in [0.1, 0.15) is 0 Å². The van der Waals surface area contributed by atoms with E-state index in [1.54, 1.807) is 0 Å². The molecular weight excluding hydrogens is 250 g/mol. The van der Waals surface area contributed by atoms with Gasteiger partial charge in [-0.1, -0.05) is 19.3 Å². The summed E-state index contributed by atoms with van der Waals surface area (Å²) in [6, 6.07) is 0. The van der Waals surface area contributed by atoms with Gasteiger partial charge in [-0.15, -0.1) is 6.42 Å². The Morgan fingerprint density at radius 1 is 1.35 bits per heavy atom. The summed E-state index contributed by atoms with van der Waals surface area (Å²) in [6.45, 7) is 8.24. The number of rotatable bonds is 4. The van der Waals surface area contributed by atoms with Crippen LogP contribution in [0.15, 0.2) is 0 Å². The zero-order valence-corrected chi connectivity index (χ0v) is 12.7. The first kappa shape index (κ1) is 15.3. The normalized spacial score (nSPS) is 28.1. The zero-order valence-electron chi connectivity index (χ0n) is 12.7. The van der Waals surface area contributed by atoms with Gasteiger partial charge < -0.3 is 10.2 Å². The van der Waals surface area contributed by atoms with E-state index < -0.39 is 0 Å². The van der Waals surface area contributed by atoms with E-state index in [0.29, 0.717) is 12.5 Å². The van der Waals surface area contributed by atoms with Crippen molar-refractivity contribution in [3.05, 3.63) is 0 Å². The Kier molecular flexibility index (Phi) is 5.45. The Hall–Kier alpha value is -1.05. The van der Waals surface area contributed by atoms with E-state index in [4.69, 9.17) is 6.42 Å². The van der Waals surface area contributed by atoms with Crippen LogP contribution in [0, 0.1) is 17.8 Å². The molecule has 0 aromatic carbocycles. The molecule has 0 aliphatic carbocycles. The largest absolute Gasteiger partial charge is 0.340 e. The molecule has 112 valence electrons. The van der Waals surface area contributed by atoms with Crippen molar-refractivity contribution in [1.82, 2.24) is 15.1 Å². The Bertz CT molecular complexity index is 355. The minimum Gasteiger partial charge on any atom is -0.340 e. The van der Waals surface area contributed by atoms with Crippen molar-refractivity contribution in [2.24, 2.45) is 5.41 Å². The molecule has 0 aromatic rings. The predicted octanol–water partition coefficient (Wildman–Crippen LogP) is 0.934. The van der Waals surface area contributed by atoms with Crippen molar-refractivity contribution in [3.8, 4) is 12.3 Å². The van der Waals surface area contributed by atoms with Crippen LogP contribution in [-0.2, 0) is 4.79 Å². The fourth-order valence-corrected chi connectivity index (χ4v) is 3.52. The van der Waals surface area contributed by atoms with Crippen LogP contribution in [0.2, 0.25) is 0 Å². The zero-order chi connectivity index (χ0) is 14.4. The molecule has 1 unspecified atom stereocenters. The van der Waals surface area contributed by atoms with Crippen LogP contribution in [0.25, 0.3) is 0 Å². The van der Waals surface area contributed by atoms with Crippen molar-refractivity contribution in [2.75, 3.05) is 45.8 Å². The van der Waals surface area contributed by atoms with Crippen molar-refractivity contribution in [2.45, 2.75) is 32.6 Å². The third kappa shape index (κ3) is 3.34. The highest BCUT2D eigenvalue weighted by Gasteiger charge is 2.41. The molecule has 20 heavy (non-hydrogen) atoms. The van der Waals surface area contributed by atoms with Gasteiger partial charge in [0.25, 0.3) is 0 Å². The van der Waals surface area contributed by atoms with Gasteiger partial charge in [-0.3, -0.25) is 9.69 Å². The van der Waals surface area contributed by atoms with Crippen molar-refractivity contribution in [1.29, 1.82) is 0 Å². The maximum Gasteiger partial charge on any atom is 0.230 e. The number of nitrogens with zero attached hydrogens (tertiary/aromatic N) is 2. The molecule has 1 N–H and O–H groups in total. The van der Waals surface area contributed by atoms with Gasteiger partial charge >= 0.3 is 0 Å². The molecule has 4 nitrogen and oxygen atoms in total. The molecule has 0 radical (unpaired) electrons. The summed E-state index contributed by atoms with van der Waals surface area (Å²) in [4.78, 5) is 17.3. The summed E-state index contributed by atoms with van der Waals surface area (Å²) < 4.78 is 0. The summed E-state index contributed by atoms with van der Waals surface area (Å²) in [5.74, 6) is 3.05. The average Bonchev–Trinajstić information content (AvgIpc) is 2.49. The number of hydrogen-bond donors (Lipinski definition) is 1. The van der Waals surface area contributed by atoms with Crippen molar-refractivity contribution < 1.29 is 4.79 Å². The Balaban J connectivity index is 1.97. The highest BCUT2D eigenvalue weighted by atomic mass is 16.2. The van der Waals surface area contributed by atoms with Crippen LogP contribution in [-0.4, -0.2) is 61.5 Å². The van der Waals surface area contributed by atoms with Crippen LogP contribution < -0.4 is 5.32 Å². The summed E-state index contributed by atoms with van der Waals surface area (Å²) >= 11 is 0. The highest BCUT2D eigenvalue weighted by molar-refractivity contribution is 5.83. The van der Waals surface area contributed by atoms with E-state index in [9.17, 15) is 4.79 Å². The molecular formula is C16H27N3O. The fourth-order valence-electron chi connectivity index (χ4n) is 3.52. The van der Waals surface area contributed by atoms with E-state index in [1.165, 1.54) is 0 Å². The van der Waals surface area contributed by atoms with Crippen LogP contribution >= 0.6 is 0 Å². The molecule has 4 heteroatoms. The first-order valence-electron chi connectivity index (χ1n) is 7.88. The van der Waals surface area contributed by atoms with E-state index in [1.807, 2.05) is 0 Å². The standard InChI is InChI=1S/C16H27N3O/c1-3-6-16(7-5-8-17-14-16)15(20)19-12-10-18(9-4-2)11-13-19/h2,17H,3,5-14H2,1H3. The predicted molar refractivity (Wildman–Crippen MR) is 81.3 cm³/mol. The third-order valence-electron chi connectivity index (χ3n) is 4.63. The minimum atomic E-state index is -0.152. The fraction of sp³-hybridized carbons (Fsp3) is 0.812. The van der Waals surface area contributed by atoms with Crippen molar-refractivity contribution >= 4 is 5.91 Å². The monoisotopic (exact) mass is 277 g/mol. The first-order valence-corrected chi connectivity index (χ1v) is 7.88. The number of terminal acetylenes is 1. The molecule has 1 atom stereocenters. The molecule has 1 amide bonds. The average molecular weight is 277 g/mol. The number of piperazine rings is 1. The second-order valence-corrected chi connectivity index (χ2v) is 6.08. The number of nitrogens with one attached hydrogen (secondary N) is 1. The minimum absolute atomic E-state index is 0.152. The van der Waals surface area contributed by atoms with Gasteiger partial charge in [0.2, 0.25) is 5.91 Å². The van der Waals surface area contributed by atoms with Gasteiger partial charge in [-0.05, 0) is 25.8 Å². The maximum atomic E-state index is 13.0. The molecule has 2 aliphatic heterocycles. The number of carbonyl (C=O) groups is 1. The second kappa shape index (κ2) is 7.10. The van der Waals surface area contributed by atoms with Crippen LogP contribution in [0.1, 0.15) is 32.6 Å². The quantitative estimate of drug-likeness (QED) is 0.777. The molecule has 2 aliphatic rings. The maximum absolute atomic E-state index is 13.0. The van der Waals surface area contributed by atoms with E-state index in [-0.39, 0.29) is 5.41 Å². The van der Waals surface area contributed by atoms with E-state index >= 15 is 0 Å². The van der Waals surface area contributed by atoms with Crippen LogP contribution in [0.5, 0.6) is 0 Å². The lowest BCUT2D eigenvalue weighted by Crippen LogP contribution is -2.56. The summed E-state index contributed by atoms with van der Waals surface area (Å²) in [5, 5.41) is 3.43. The van der Waals surface area contributed by atoms with E-state index in [2.05, 4.69) is 28.0 Å². The molecule has 0 saturated carbocycles. The topological polar surface area (TPSA) is 35.6 Å². The van der Waals surface area contributed by atoms with Crippen LogP contribution in [0.3, 0.4) is 0 Å². The molecule has 0 bridgehead atoms. The Morgan fingerprint density at radius 3 is 2.65 bits per heavy atom. The lowest BCUT2D eigenvalue weighted by molar-refractivity contribution is -0.145. The summed E-state index contributed by atoms with van der Waals surface area (Å²) in [5.41, 5.74) is -0.152. The third-order valence-corrected chi connectivity index (χ3v) is 4.63. The number of hydrogen-bond acceptors (Lipinski definition) is 3. The summed E-state index contributed by atoms with van der Waals surface area (Å²) in [7, 11) is 0. The number of piperidine rings is 1. The van der Waals surface area contributed by atoms with Crippen LogP contribution in [0.4, 0.5) is 0 Å². The Labute approximate surface area is 122 Å². The second-order valence-electron chi connectivity index (χ2n) is 6.08. The summed E-state index contributed by atoms with van der Waals surface area (Å²) in [6.07, 6.45) is 9.58.